The summed E-state index contributed by atoms with van der Waals surface area (Å²) in [6, 6.07) is 5.74. The van der Waals surface area contributed by atoms with Crippen LogP contribution in [0, 0.1) is 5.82 Å². The summed E-state index contributed by atoms with van der Waals surface area (Å²) in [6.07, 6.45) is 6.41. The summed E-state index contributed by atoms with van der Waals surface area (Å²) in [5.41, 5.74) is 0.453. The quantitative estimate of drug-likeness (QED) is 0.910. The minimum absolute atomic E-state index is 0.152. The lowest BCUT2D eigenvalue weighted by atomic mass is 9.96. The molecule has 1 aliphatic heterocycles. The Morgan fingerprint density at radius 2 is 1.76 bits per heavy atom. The van der Waals surface area contributed by atoms with E-state index in [-0.39, 0.29) is 30.0 Å². The third kappa shape index (κ3) is 4.94. The van der Waals surface area contributed by atoms with E-state index in [1.54, 1.807) is 4.90 Å². The molecule has 2 fully saturated rings. The summed E-state index contributed by atoms with van der Waals surface area (Å²) in [5, 5.41) is 2.94. The van der Waals surface area contributed by atoms with Crippen LogP contribution in [-0.4, -0.2) is 42.1 Å². The molecule has 0 aromatic heterocycles. The largest absolute Gasteiger partial charge is 0.444 e. The molecule has 136 valence electrons. The molecule has 5 nitrogen and oxygen atoms in total. The molecule has 0 radical (unpaired) electrons. The molecule has 6 heteroatoms. The van der Waals surface area contributed by atoms with E-state index in [1.165, 1.54) is 30.7 Å². The predicted molar refractivity (Wildman–Crippen MR) is 91.8 cm³/mol. The number of hydrogen-bond acceptors (Lipinski definition) is 3. The fraction of sp³-hybridized carbons (Fsp3) is 0.579. The lowest BCUT2D eigenvalue weighted by Crippen LogP contribution is -2.46. The maximum atomic E-state index is 13.0. The van der Waals surface area contributed by atoms with Crippen molar-refractivity contribution in [2.75, 3.05) is 13.1 Å². The van der Waals surface area contributed by atoms with E-state index in [2.05, 4.69) is 5.32 Å². The standard InChI is InChI=1S/C19H25FN2O3/c20-15-10-8-14(9-11-15)18(23)22-12-4-7-17(13-22)25-19(24)21-16-5-2-1-3-6-16/h8-11,16-17H,1-7,12-13H2,(H,21,24). The van der Waals surface area contributed by atoms with Crippen LogP contribution in [0.25, 0.3) is 0 Å². The van der Waals surface area contributed by atoms with Gasteiger partial charge in [-0.2, -0.15) is 0 Å². The van der Waals surface area contributed by atoms with E-state index in [0.717, 1.165) is 38.5 Å². The van der Waals surface area contributed by atoms with Crippen LogP contribution in [0.4, 0.5) is 9.18 Å². The molecule has 2 aliphatic rings. The van der Waals surface area contributed by atoms with Crippen molar-refractivity contribution < 1.29 is 18.7 Å². The first-order chi connectivity index (χ1) is 12.1. The molecule has 1 atom stereocenters. The Labute approximate surface area is 147 Å². The van der Waals surface area contributed by atoms with Crippen LogP contribution in [0.3, 0.4) is 0 Å². The number of likely N-dealkylation sites (tertiary alicyclic amines) is 1. The van der Waals surface area contributed by atoms with Crippen LogP contribution in [0.15, 0.2) is 24.3 Å². The third-order valence-corrected chi connectivity index (χ3v) is 4.96. The van der Waals surface area contributed by atoms with Crippen LogP contribution in [0.1, 0.15) is 55.3 Å². The maximum Gasteiger partial charge on any atom is 0.407 e. The number of piperidine rings is 1. The Balaban J connectivity index is 1.51. The van der Waals surface area contributed by atoms with Gasteiger partial charge in [0.2, 0.25) is 0 Å². The summed E-state index contributed by atoms with van der Waals surface area (Å²) in [7, 11) is 0. The molecule has 1 aliphatic carbocycles. The lowest BCUT2D eigenvalue weighted by Gasteiger charge is -2.33. The van der Waals surface area contributed by atoms with Crippen molar-refractivity contribution in [3.63, 3.8) is 0 Å². The average molecular weight is 348 g/mol. The summed E-state index contributed by atoms with van der Waals surface area (Å²) in [5.74, 6) is -0.517. The molecule has 0 bridgehead atoms. The van der Waals surface area contributed by atoms with Gasteiger partial charge >= 0.3 is 6.09 Å². The van der Waals surface area contributed by atoms with Crippen LogP contribution in [0.2, 0.25) is 0 Å². The molecule has 1 heterocycles. The van der Waals surface area contributed by atoms with Gasteiger partial charge in [-0.1, -0.05) is 19.3 Å². The molecule has 1 unspecified atom stereocenters. The Morgan fingerprint density at radius 1 is 1.04 bits per heavy atom. The van der Waals surface area contributed by atoms with Gasteiger partial charge in [-0.05, 0) is 49.9 Å². The number of amides is 2. The minimum Gasteiger partial charge on any atom is -0.444 e. The van der Waals surface area contributed by atoms with Crippen molar-refractivity contribution in [3.8, 4) is 0 Å². The van der Waals surface area contributed by atoms with E-state index >= 15 is 0 Å². The number of carbonyl (C=O) groups is 2. The number of nitrogens with one attached hydrogen (secondary N) is 1. The normalized spacial score (nSPS) is 21.6. The Bertz CT molecular complexity index is 599. The summed E-state index contributed by atoms with van der Waals surface area (Å²) < 4.78 is 18.5. The van der Waals surface area contributed by atoms with Gasteiger partial charge in [0, 0.05) is 18.2 Å². The zero-order valence-corrected chi connectivity index (χ0v) is 14.4. The molecule has 25 heavy (non-hydrogen) atoms. The number of ether oxygens (including phenoxy) is 1. The fourth-order valence-corrected chi connectivity index (χ4v) is 3.59. The molecule has 1 aromatic rings. The topological polar surface area (TPSA) is 58.6 Å². The van der Waals surface area contributed by atoms with Gasteiger partial charge in [-0.25, -0.2) is 9.18 Å². The molecule has 0 spiro atoms. The van der Waals surface area contributed by atoms with Crippen molar-refractivity contribution in [3.05, 3.63) is 35.6 Å². The first-order valence-corrected chi connectivity index (χ1v) is 9.14. The predicted octanol–water partition coefficient (Wildman–Crippen LogP) is 3.49. The minimum atomic E-state index is -0.381. The van der Waals surface area contributed by atoms with Gasteiger partial charge < -0.3 is 15.0 Å². The monoisotopic (exact) mass is 348 g/mol. The van der Waals surface area contributed by atoms with E-state index in [9.17, 15) is 14.0 Å². The second-order valence-corrected chi connectivity index (χ2v) is 6.91. The van der Waals surface area contributed by atoms with Crippen molar-refractivity contribution in [2.24, 2.45) is 0 Å². The SMILES string of the molecule is O=C(NC1CCCCC1)OC1CCCN(C(=O)c2ccc(F)cc2)C1. The molecule has 2 amide bonds. The van der Waals surface area contributed by atoms with Gasteiger partial charge in [0.15, 0.2) is 0 Å². The zero-order chi connectivity index (χ0) is 17.6. The fourth-order valence-electron chi connectivity index (χ4n) is 3.59. The van der Waals surface area contributed by atoms with Crippen LogP contribution in [0.5, 0.6) is 0 Å². The molecular formula is C19H25FN2O3. The highest BCUT2D eigenvalue weighted by Crippen LogP contribution is 2.19. The molecule has 1 aromatic carbocycles. The van der Waals surface area contributed by atoms with E-state index in [0.29, 0.717) is 18.7 Å². The second-order valence-electron chi connectivity index (χ2n) is 6.91. The van der Waals surface area contributed by atoms with E-state index < -0.39 is 0 Å². The van der Waals surface area contributed by atoms with Gasteiger partial charge in [0.1, 0.15) is 11.9 Å². The number of benzene rings is 1. The highest BCUT2D eigenvalue weighted by atomic mass is 19.1. The second kappa shape index (κ2) is 8.32. The summed E-state index contributed by atoms with van der Waals surface area (Å²) >= 11 is 0. The van der Waals surface area contributed by atoms with Crippen molar-refractivity contribution in [2.45, 2.75) is 57.1 Å². The van der Waals surface area contributed by atoms with E-state index in [4.69, 9.17) is 4.74 Å². The maximum absolute atomic E-state index is 13.0. The van der Waals surface area contributed by atoms with Gasteiger partial charge in [-0.15, -0.1) is 0 Å². The Kier molecular flexibility index (Phi) is 5.89. The van der Waals surface area contributed by atoms with Gasteiger partial charge in [0.25, 0.3) is 5.91 Å². The number of halogens is 1. The Hall–Kier alpha value is -2.11. The number of rotatable bonds is 3. The first-order valence-electron chi connectivity index (χ1n) is 9.14. The highest BCUT2D eigenvalue weighted by Gasteiger charge is 2.27. The van der Waals surface area contributed by atoms with Crippen molar-refractivity contribution in [1.29, 1.82) is 0 Å². The number of nitrogens with zero attached hydrogens (tertiary/aromatic N) is 1. The molecule has 1 saturated carbocycles. The van der Waals surface area contributed by atoms with Crippen molar-refractivity contribution in [1.82, 2.24) is 10.2 Å². The number of carbonyl (C=O) groups excluding carboxylic acids is 2. The third-order valence-electron chi connectivity index (χ3n) is 4.96. The average Bonchev–Trinajstić information content (AvgIpc) is 2.63. The van der Waals surface area contributed by atoms with Gasteiger partial charge in [-0.3, -0.25) is 4.79 Å². The smallest absolute Gasteiger partial charge is 0.407 e. The van der Waals surface area contributed by atoms with Crippen LogP contribution >= 0.6 is 0 Å². The zero-order valence-electron chi connectivity index (χ0n) is 14.4. The summed E-state index contributed by atoms with van der Waals surface area (Å²) in [4.78, 5) is 26.3. The van der Waals surface area contributed by atoms with Crippen LogP contribution in [-0.2, 0) is 4.74 Å². The lowest BCUT2D eigenvalue weighted by molar-refractivity contribution is 0.0329. The van der Waals surface area contributed by atoms with Crippen LogP contribution < -0.4 is 5.32 Å². The van der Waals surface area contributed by atoms with E-state index in [1.807, 2.05) is 0 Å². The summed E-state index contributed by atoms with van der Waals surface area (Å²) in [6.45, 7) is 1.01. The molecule has 1 N–H and O–H groups in total. The molecule has 1 saturated heterocycles. The number of alkyl carbamates (subject to hydrolysis) is 1. The Morgan fingerprint density at radius 3 is 2.48 bits per heavy atom. The van der Waals surface area contributed by atoms with Gasteiger partial charge in [0.05, 0.1) is 6.54 Å². The highest BCUT2D eigenvalue weighted by molar-refractivity contribution is 5.94. The number of hydrogen-bond donors (Lipinski definition) is 1. The van der Waals surface area contributed by atoms with Crippen molar-refractivity contribution >= 4 is 12.0 Å². The molecule has 3 rings (SSSR count). The first kappa shape index (κ1) is 17.7. The molecular weight excluding hydrogens is 323 g/mol.